The number of benzene rings is 1. The minimum Gasteiger partial charge on any atom is -0.341 e. The number of aromatic amines is 1. The summed E-state index contributed by atoms with van der Waals surface area (Å²) >= 11 is 0. The topological polar surface area (TPSA) is 62.6 Å². The monoisotopic (exact) mass is 344 g/mol. The lowest BCUT2D eigenvalue weighted by Gasteiger charge is -2.26. The Morgan fingerprint density at radius 3 is 2.92 bits per heavy atom. The highest BCUT2D eigenvalue weighted by molar-refractivity contribution is 5.74. The lowest BCUT2D eigenvalue weighted by molar-refractivity contribution is 0.201. The van der Waals surface area contributed by atoms with E-state index in [9.17, 15) is 0 Å². The van der Waals surface area contributed by atoms with Gasteiger partial charge in [-0.15, -0.1) is 0 Å². The molecule has 1 aliphatic heterocycles. The van der Waals surface area contributed by atoms with E-state index in [1.165, 1.54) is 5.69 Å². The molecule has 0 aliphatic carbocycles. The van der Waals surface area contributed by atoms with Gasteiger partial charge in [-0.1, -0.05) is 18.2 Å². The van der Waals surface area contributed by atoms with Gasteiger partial charge in [-0.3, -0.25) is 14.6 Å². The van der Waals surface area contributed by atoms with Crippen LogP contribution in [0.4, 0.5) is 0 Å². The number of aromatic nitrogens is 5. The van der Waals surface area contributed by atoms with Crippen molar-refractivity contribution in [2.45, 2.75) is 26.6 Å². The van der Waals surface area contributed by atoms with Crippen molar-refractivity contribution in [3.05, 3.63) is 65.7 Å². The minimum atomic E-state index is 0.817. The van der Waals surface area contributed by atoms with Crippen LogP contribution in [0.1, 0.15) is 17.1 Å². The van der Waals surface area contributed by atoms with Gasteiger partial charge in [0.15, 0.2) is 0 Å². The Hall–Kier alpha value is -2.99. The molecule has 0 saturated carbocycles. The standard InChI is InChI=1S/C20H20N6/c1-14-5-4-8-21-20(14)18-11-15-12-25(9-10-26(15)24-18)13-19-22-16-6-2-3-7-17(16)23-19/h2-8,11H,9-10,12-13H2,1H3,(H,22,23). The van der Waals surface area contributed by atoms with Crippen LogP contribution < -0.4 is 0 Å². The average Bonchev–Trinajstić information content (AvgIpc) is 3.24. The van der Waals surface area contributed by atoms with Gasteiger partial charge in [0.2, 0.25) is 0 Å². The Morgan fingerprint density at radius 2 is 2.04 bits per heavy atom. The Morgan fingerprint density at radius 1 is 1.12 bits per heavy atom. The Kier molecular flexibility index (Phi) is 3.57. The van der Waals surface area contributed by atoms with E-state index in [-0.39, 0.29) is 0 Å². The Labute approximate surface area is 151 Å². The van der Waals surface area contributed by atoms with Gasteiger partial charge in [-0.2, -0.15) is 5.10 Å². The molecule has 0 radical (unpaired) electrons. The smallest absolute Gasteiger partial charge is 0.121 e. The predicted octanol–water partition coefficient (Wildman–Crippen LogP) is 3.15. The highest BCUT2D eigenvalue weighted by Gasteiger charge is 2.20. The van der Waals surface area contributed by atoms with E-state index < -0.39 is 0 Å². The average molecular weight is 344 g/mol. The first-order valence-corrected chi connectivity index (χ1v) is 8.91. The summed E-state index contributed by atoms with van der Waals surface area (Å²) in [7, 11) is 0. The number of hydrogen-bond acceptors (Lipinski definition) is 4. The molecule has 0 fully saturated rings. The summed E-state index contributed by atoms with van der Waals surface area (Å²) in [4.78, 5) is 15.0. The van der Waals surface area contributed by atoms with Gasteiger partial charge >= 0.3 is 0 Å². The molecule has 0 spiro atoms. The van der Waals surface area contributed by atoms with Crippen LogP contribution in [0.5, 0.6) is 0 Å². The summed E-state index contributed by atoms with van der Waals surface area (Å²) < 4.78 is 2.11. The summed E-state index contributed by atoms with van der Waals surface area (Å²) in [6, 6.07) is 14.4. The van der Waals surface area contributed by atoms with Gasteiger partial charge in [0, 0.05) is 19.3 Å². The third-order valence-corrected chi connectivity index (χ3v) is 4.94. The van der Waals surface area contributed by atoms with E-state index in [0.717, 1.165) is 60.0 Å². The van der Waals surface area contributed by atoms with Crippen LogP contribution >= 0.6 is 0 Å². The van der Waals surface area contributed by atoms with Gasteiger partial charge in [-0.05, 0) is 36.8 Å². The molecule has 6 nitrogen and oxygen atoms in total. The lowest BCUT2D eigenvalue weighted by Crippen LogP contribution is -2.33. The van der Waals surface area contributed by atoms with Crippen LogP contribution in [0, 0.1) is 6.92 Å². The number of imidazole rings is 1. The predicted molar refractivity (Wildman–Crippen MR) is 100 cm³/mol. The van der Waals surface area contributed by atoms with Crippen LogP contribution in [-0.4, -0.2) is 36.2 Å². The van der Waals surface area contributed by atoms with E-state index in [1.807, 2.05) is 30.5 Å². The molecule has 26 heavy (non-hydrogen) atoms. The van der Waals surface area contributed by atoms with Crippen LogP contribution in [0.3, 0.4) is 0 Å². The number of nitrogens with one attached hydrogen (secondary N) is 1. The zero-order chi connectivity index (χ0) is 17.5. The number of rotatable bonds is 3. The molecule has 1 N–H and O–H groups in total. The van der Waals surface area contributed by atoms with E-state index in [1.54, 1.807) is 0 Å². The number of aryl methyl sites for hydroxylation is 1. The number of nitrogens with zero attached hydrogens (tertiary/aromatic N) is 5. The molecule has 0 unspecified atom stereocenters. The van der Waals surface area contributed by atoms with Crippen LogP contribution in [-0.2, 0) is 19.6 Å². The van der Waals surface area contributed by atoms with E-state index in [0.29, 0.717) is 0 Å². The fourth-order valence-corrected chi connectivity index (χ4v) is 3.62. The maximum Gasteiger partial charge on any atom is 0.121 e. The molecule has 3 aromatic heterocycles. The molecule has 4 aromatic rings. The highest BCUT2D eigenvalue weighted by Crippen LogP contribution is 2.23. The summed E-state index contributed by atoms with van der Waals surface area (Å²) in [5, 5.41) is 4.76. The Bertz CT molecular complexity index is 1040. The molecule has 0 atom stereocenters. The third kappa shape index (κ3) is 2.68. The molecule has 6 heteroatoms. The second kappa shape index (κ2) is 6.07. The molecule has 0 bridgehead atoms. The second-order valence-electron chi connectivity index (χ2n) is 6.82. The van der Waals surface area contributed by atoms with Crippen molar-refractivity contribution in [3.8, 4) is 11.4 Å². The second-order valence-corrected chi connectivity index (χ2v) is 6.82. The van der Waals surface area contributed by atoms with Gasteiger partial charge in [-0.25, -0.2) is 4.98 Å². The minimum absolute atomic E-state index is 0.817. The first-order valence-electron chi connectivity index (χ1n) is 8.91. The molecular weight excluding hydrogens is 324 g/mol. The fraction of sp³-hybridized carbons (Fsp3) is 0.250. The highest BCUT2D eigenvalue weighted by atomic mass is 15.3. The largest absolute Gasteiger partial charge is 0.341 e. The Balaban J connectivity index is 1.37. The zero-order valence-electron chi connectivity index (χ0n) is 14.7. The van der Waals surface area contributed by atoms with Gasteiger partial charge in [0.05, 0.1) is 35.5 Å². The maximum atomic E-state index is 4.76. The van der Waals surface area contributed by atoms with Crippen LogP contribution in [0.15, 0.2) is 48.7 Å². The third-order valence-electron chi connectivity index (χ3n) is 4.94. The van der Waals surface area contributed by atoms with Crippen molar-refractivity contribution < 1.29 is 0 Å². The van der Waals surface area contributed by atoms with Gasteiger partial charge in [0.25, 0.3) is 0 Å². The van der Waals surface area contributed by atoms with Crippen molar-refractivity contribution in [1.29, 1.82) is 0 Å². The summed E-state index contributed by atoms with van der Waals surface area (Å²) in [6.07, 6.45) is 1.83. The molecule has 0 saturated heterocycles. The maximum absolute atomic E-state index is 4.76. The molecule has 0 amide bonds. The number of pyridine rings is 1. The van der Waals surface area contributed by atoms with Crippen LogP contribution in [0.2, 0.25) is 0 Å². The van der Waals surface area contributed by atoms with Gasteiger partial charge < -0.3 is 4.98 Å². The lowest BCUT2D eigenvalue weighted by atomic mass is 10.1. The molecule has 4 heterocycles. The van der Waals surface area contributed by atoms with Crippen molar-refractivity contribution in [2.24, 2.45) is 0 Å². The summed E-state index contributed by atoms with van der Waals surface area (Å²) in [5.74, 6) is 1.01. The van der Waals surface area contributed by atoms with Crippen molar-refractivity contribution in [2.75, 3.05) is 6.54 Å². The zero-order valence-corrected chi connectivity index (χ0v) is 14.7. The van der Waals surface area contributed by atoms with E-state index >= 15 is 0 Å². The molecular formula is C20H20N6. The van der Waals surface area contributed by atoms with Crippen LogP contribution in [0.25, 0.3) is 22.4 Å². The number of para-hydroxylation sites is 2. The molecule has 1 aliphatic rings. The fourth-order valence-electron chi connectivity index (χ4n) is 3.62. The number of hydrogen-bond donors (Lipinski definition) is 1. The molecule has 5 rings (SSSR count). The van der Waals surface area contributed by atoms with Crippen molar-refractivity contribution >= 4 is 11.0 Å². The molecule has 130 valence electrons. The summed E-state index contributed by atoms with van der Waals surface area (Å²) in [5.41, 5.74) is 6.44. The first-order chi connectivity index (χ1) is 12.8. The SMILES string of the molecule is Cc1cccnc1-c1cc2n(n1)CCN(Cc1nc3ccccc3[nH]1)C2. The van der Waals surface area contributed by atoms with Crippen molar-refractivity contribution in [1.82, 2.24) is 29.6 Å². The number of fused-ring (bicyclic) bond motifs is 2. The normalized spacial score (nSPS) is 14.7. The van der Waals surface area contributed by atoms with E-state index in [4.69, 9.17) is 10.1 Å². The summed E-state index contributed by atoms with van der Waals surface area (Å²) in [6.45, 7) is 5.62. The van der Waals surface area contributed by atoms with Gasteiger partial charge in [0.1, 0.15) is 11.5 Å². The quantitative estimate of drug-likeness (QED) is 0.620. The first kappa shape index (κ1) is 15.3. The van der Waals surface area contributed by atoms with E-state index in [2.05, 4.69) is 44.7 Å². The number of H-pyrrole nitrogens is 1. The molecule has 1 aromatic carbocycles. The van der Waals surface area contributed by atoms with Crippen molar-refractivity contribution in [3.63, 3.8) is 0 Å².